The summed E-state index contributed by atoms with van der Waals surface area (Å²) < 4.78 is 1.74. The van der Waals surface area contributed by atoms with Crippen molar-refractivity contribution < 1.29 is 45.2 Å². The summed E-state index contributed by atoms with van der Waals surface area (Å²) in [6.07, 6.45) is 4.93. The van der Waals surface area contributed by atoms with Gasteiger partial charge in [-0.3, -0.25) is 0 Å². The van der Waals surface area contributed by atoms with Crippen molar-refractivity contribution in [2.75, 3.05) is 0 Å². The first-order valence-electron chi connectivity index (χ1n) is 7.64. The second-order valence-corrected chi connectivity index (χ2v) is 24.7. The van der Waals surface area contributed by atoms with Gasteiger partial charge in [0.05, 0.1) is 0 Å². The van der Waals surface area contributed by atoms with Crippen LogP contribution in [-0.4, -0.2) is 5.43 Å². The van der Waals surface area contributed by atoms with Crippen LogP contribution in [0.4, 0.5) is 0 Å². The molecule has 0 saturated carbocycles. The molecular formula is C18H28Cl2SiZr. The minimum Gasteiger partial charge on any atom is -1.00 e. The van der Waals surface area contributed by atoms with Gasteiger partial charge in [-0.05, 0) is 0 Å². The van der Waals surface area contributed by atoms with Crippen LogP contribution in [0.15, 0.2) is 45.6 Å². The number of hydrogen-bond donors (Lipinski definition) is 0. The molecule has 0 aromatic carbocycles. The normalized spacial score (nSPS) is 23.4. The van der Waals surface area contributed by atoms with Crippen molar-refractivity contribution in [1.29, 1.82) is 0 Å². The van der Waals surface area contributed by atoms with Gasteiger partial charge in [-0.2, -0.15) is 0 Å². The van der Waals surface area contributed by atoms with E-state index in [9.17, 15) is 0 Å². The third-order valence-corrected chi connectivity index (χ3v) is 25.6. The first-order valence-corrected chi connectivity index (χ1v) is 16.7. The van der Waals surface area contributed by atoms with E-state index in [1.54, 1.807) is 33.4 Å². The van der Waals surface area contributed by atoms with E-state index in [0.29, 0.717) is 0 Å². The van der Waals surface area contributed by atoms with E-state index in [1.165, 1.54) is 0 Å². The monoisotopic (exact) mass is 432 g/mol. The maximum atomic E-state index is 2.59. The predicted molar refractivity (Wildman–Crippen MR) is 89.2 cm³/mol. The Bertz CT molecular complexity index is 569. The molecule has 0 N–H and O–H groups in total. The molecule has 2 aliphatic rings. The molecule has 0 spiro atoms. The van der Waals surface area contributed by atoms with Gasteiger partial charge in [-0.15, -0.1) is 0 Å². The quantitative estimate of drug-likeness (QED) is 0.538. The zero-order valence-electron chi connectivity index (χ0n) is 15.1. The summed E-state index contributed by atoms with van der Waals surface area (Å²) in [6.45, 7) is 19.4. The molecule has 0 amide bonds. The van der Waals surface area contributed by atoms with Crippen LogP contribution in [0.25, 0.3) is 0 Å². The average molecular weight is 435 g/mol. The minimum absolute atomic E-state index is 0. The van der Waals surface area contributed by atoms with Crippen molar-refractivity contribution in [2.45, 2.75) is 61.9 Å². The van der Waals surface area contributed by atoms with E-state index >= 15 is 0 Å². The third kappa shape index (κ3) is 4.00. The van der Waals surface area contributed by atoms with Gasteiger partial charge in [0, 0.05) is 0 Å². The summed E-state index contributed by atoms with van der Waals surface area (Å²) in [5.74, 6) is 0. The number of halogens is 2. The fraction of sp³-hybridized carbons (Fsp3) is 0.556. The van der Waals surface area contributed by atoms with Gasteiger partial charge in [0.15, 0.2) is 0 Å². The van der Waals surface area contributed by atoms with Crippen molar-refractivity contribution in [2.24, 2.45) is 0 Å². The minimum atomic E-state index is -1.56. The molecular weight excluding hydrogens is 406 g/mol. The molecule has 4 heteroatoms. The molecule has 2 atom stereocenters. The molecule has 2 rings (SSSR count). The van der Waals surface area contributed by atoms with E-state index in [-0.39, 0.29) is 30.2 Å². The summed E-state index contributed by atoms with van der Waals surface area (Å²) >= 11 is -1.56. The van der Waals surface area contributed by atoms with Crippen LogP contribution in [0.2, 0.25) is 20.3 Å². The van der Waals surface area contributed by atoms with Gasteiger partial charge in [-0.1, -0.05) is 0 Å². The predicted octanol–water partition coefficient (Wildman–Crippen LogP) is 0.0333. The molecule has 0 nitrogen and oxygen atoms in total. The van der Waals surface area contributed by atoms with E-state index < -0.39 is 20.4 Å². The van der Waals surface area contributed by atoms with Crippen LogP contribution in [-0.2, 0) is 20.4 Å². The Morgan fingerprint density at radius 2 is 1.05 bits per heavy atom. The molecule has 0 fully saturated rings. The van der Waals surface area contributed by atoms with Crippen molar-refractivity contribution >= 4 is 5.43 Å². The molecule has 0 aromatic heterocycles. The molecule has 0 aromatic rings. The van der Waals surface area contributed by atoms with Crippen LogP contribution in [0.5, 0.6) is 0 Å². The van der Waals surface area contributed by atoms with Crippen molar-refractivity contribution in [1.82, 2.24) is 0 Å². The van der Waals surface area contributed by atoms with Gasteiger partial charge >= 0.3 is 133 Å². The Hall–Kier alpha value is 0.640. The Morgan fingerprint density at radius 1 is 0.727 bits per heavy atom. The molecule has 0 radical (unpaired) electrons. The molecule has 122 valence electrons. The fourth-order valence-electron chi connectivity index (χ4n) is 3.92. The second kappa shape index (κ2) is 8.65. The Balaban J connectivity index is 0.00000220. The molecule has 0 saturated heterocycles. The van der Waals surface area contributed by atoms with Gasteiger partial charge in [0.1, 0.15) is 0 Å². The third-order valence-electron chi connectivity index (χ3n) is 5.11. The summed E-state index contributed by atoms with van der Waals surface area (Å²) in [4.78, 5) is 0. The SMILES string of the molecule is CC1=CC(C)=C(C)[CH]1[Zr+2]([CH]1C(C)=CC(C)=C1C)=[Si](C)C.[Cl-].[Cl-]. The van der Waals surface area contributed by atoms with E-state index in [4.69, 9.17) is 0 Å². The largest absolute Gasteiger partial charge is 1.00 e. The van der Waals surface area contributed by atoms with Crippen molar-refractivity contribution in [3.8, 4) is 0 Å². The smallest absolute Gasteiger partial charge is 1.00 e. The van der Waals surface area contributed by atoms with E-state index in [2.05, 4.69) is 66.8 Å². The van der Waals surface area contributed by atoms with Gasteiger partial charge in [-0.25, -0.2) is 0 Å². The first-order chi connectivity index (χ1) is 9.25. The van der Waals surface area contributed by atoms with Gasteiger partial charge < -0.3 is 24.8 Å². The zero-order valence-corrected chi connectivity index (χ0v) is 20.0. The first kappa shape index (κ1) is 22.6. The average Bonchev–Trinajstić information content (AvgIpc) is 2.72. The van der Waals surface area contributed by atoms with E-state index in [0.717, 1.165) is 7.25 Å². The van der Waals surface area contributed by atoms with Crippen LogP contribution in [0.3, 0.4) is 0 Å². The second-order valence-electron chi connectivity index (χ2n) is 6.83. The van der Waals surface area contributed by atoms with Gasteiger partial charge in [0.25, 0.3) is 0 Å². The van der Waals surface area contributed by atoms with Crippen LogP contribution in [0.1, 0.15) is 41.5 Å². The Labute approximate surface area is 157 Å². The molecule has 22 heavy (non-hydrogen) atoms. The standard InChI is InChI=1S/2C8H11.C2H6Si.2ClH.Zr/c2*1-6-4-7(2)8(3)5-6;1-3-2;;;/h2*4-5H,1-3H3;1-2H3;2*1H;/q;;;;;+2/p-2. The Morgan fingerprint density at radius 3 is 1.23 bits per heavy atom. The van der Waals surface area contributed by atoms with E-state index in [1.807, 2.05) is 0 Å². The molecule has 0 heterocycles. The fourth-order valence-corrected chi connectivity index (χ4v) is 25.9. The van der Waals surface area contributed by atoms with Crippen molar-refractivity contribution in [3.05, 3.63) is 45.6 Å². The Kier molecular flexibility index (Phi) is 8.90. The summed E-state index contributed by atoms with van der Waals surface area (Å²) in [6, 6.07) is 0. The molecule has 2 unspecified atom stereocenters. The van der Waals surface area contributed by atoms with Crippen LogP contribution >= 0.6 is 0 Å². The maximum Gasteiger partial charge on any atom is -1.00 e. The number of hydrogen-bond acceptors (Lipinski definition) is 0. The van der Waals surface area contributed by atoms with Crippen LogP contribution < -0.4 is 24.8 Å². The molecule has 2 aliphatic carbocycles. The topological polar surface area (TPSA) is 0 Å². The number of rotatable bonds is 2. The molecule has 0 aliphatic heterocycles. The maximum absolute atomic E-state index is 2.59. The van der Waals surface area contributed by atoms with Crippen LogP contribution in [0, 0.1) is 0 Å². The van der Waals surface area contributed by atoms with Gasteiger partial charge in [0.2, 0.25) is 0 Å². The summed E-state index contributed by atoms with van der Waals surface area (Å²) in [5, 5.41) is 0. The summed E-state index contributed by atoms with van der Waals surface area (Å²) in [5.41, 5.74) is 9.68. The zero-order chi connectivity index (χ0) is 15.2. The summed E-state index contributed by atoms with van der Waals surface area (Å²) in [7, 11) is 0. The molecule has 0 bridgehead atoms. The van der Waals surface area contributed by atoms with Crippen molar-refractivity contribution in [3.63, 3.8) is 0 Å². The number of allylic oxidation sites excluding steroid dienone is 8.